The molecule has 3 rings (SSSR count). The summed E-state index contributed by atoms with van der Waals surface area (Å²) < 4.78 is 40.0. The van der Waals surface area contributed by atoms with E-state index in [1.54, 1.807) is 12.1 Å². The maximum Gasteiger partial charge on any atom is 0.416 e. The molecule has 1 aliphatic rings. The van der Waals surface area contributed by atoms with Crippen molar-refractivity contribution in [2.45, 2.75) is 31.6 Å². The molecule has 1 aromatic heterocycles. The fourth-order valence-electron chi connectivity index (χ4n) is 2.64. The van der Waals surface area contributed by atoms with Crippen LogP contribution >= 0.6 is 0 Å². The quantitative estimate of drug-likeness (QED) is 0.767. The normalized spacial score (nSPS) is 20.1. The van der Waals surface area contributed by atoms with Gasteiger partial charge < -0.3 is 10.3 Å². The lowest BCUT2D eigenvalue weighted by Crippen LogP contribution is -2.20. The molecule has 0 bridgehead atoms. The van der Waals surface area contributed by atoms with E-state index >= 15 is 0 Å². The summed E-state index contributed by atoms with van der Waals surface area (Å²) in [6.07, 6.45) is -2.43. The van der Waals surface area contributed by atoms with Crippen LogP contribution in [0.2, 0.25) is 0 Å². The predicted octanol–water partition coefficient (Wildman–Crippen LogP) is 3.45. The van der Waals surface area contributed by atoms with Crippen LogP contribution in [0.3, 0.4) is 0 Å². The van der Waals surface area contributed by atoms with Crippen molar-refractivity contribution in [2.75, 3.05) is 0 Å². The van der Waals surface area contributed by atoms with Crippen LogP contribution in [-0.2, 0) is 12.7 Å². The number of halogens is 3. The minimum Gasteiger partial charge on any atom is -0.343 e. The number of aryl methyl sites for hydroxylation is 1. The Morgan fingerprint density at radius 2 is 2.00 bits per heavy atom. The zero-order valence-corrected chi connectivity index (χ0v) is 9.67. The van der Waals surface area contributed by atoms with Crippen molar-refractivity contribution in [3.8, 4) is 0 Å². The summed E-state index contributed by atoms with van der Waals surface area (Å²) >= 11 is 0. The highest BCUT2D eigenvalue weighted by Crippen LogP contribution is 2.35. The molecule has 2 N–H and O–H groups in total. The van der Waals surface area contributed by atoms with Gasteiger partial charge in [0.25, 0.3) is 0 Å². The molecule has 2 heterocycles. The SMILES string of the molecule is NC1CCCn2c1cc1cc(C(F)(F)F)ccc12. The Morgan fingerprint density at radius 3 is 2.72 bits per heavy atom. The van der Waals surface area contributed by atoms with Gasteiger partial charge in [-0.3, -0.25) is 0 Å². The number of nitrogens with two attached hydrogens (primary N) is 1. The molecule has 1 atom stereocenters. The monoisotopic (exact) mass is 254 g/mol. The molecule has 96 valence electrons. The summed E-state index contributed by atoms with van der Waals surface area (Å²) in [7, 11) is 0. The van der Waals surface area contributed by atoms with Crippen molar-refractivity contribution in [2.24, 2.45) is 5.73 Å². The standard InChI is InChI=1S/C13H13F3N2/c14-13(15,16)9-3-4-11-8(6-9)7-12-10(17)2-1-5-18(11)12/h3-4,6-7,10H,1-2,5,17H2. The third-order valence-electron chi connectivity index (χ3n) is 3.54. The van der Waals surface area contributed by atoms with Crippen molar-refractivity contribution >= 4 is 10.9 Å². The first-order valence-corrected chi connectivity index (χ1v) is 5.93. The molecule has 5 heteroatoms. The molecule has 2 aromatic rings. The molecule has 1 aliphatic heterocycles. The minimum atomic E-state index is -4.29. The largest absolute Gasteiger partial charge is 0.416 e. The van der Waals surface area contributed by atoms with Gasteiger partial charge in [-0.15, -0.1) is 0 Å². The number of fused-ring (bicyclic) bond motifs is 3. The topological polar surface area (TPSA) is 30.9 Å². The van der Waals surface area contributed by atoms with Gasteiger partial charge in [-0.1, -0.05) is 0 Å². The van der Waals surface area contributed by atoms with Gasteiger partial charge >= 0.3 is 6.18 Å². The van der Waals surface area contributed by atoms with Gasteiger partial charge in [0.15, 0.2) is 0 Å². The maximum absolute atomic E-state index is 12.6. The molecule has 0 radical (unpaired) electrons. The molecule has 0 amide bonds. The molecule has 0 aliphatic carbocycles. The van der Waals surface area contributed by atoms with Gasteiger partial charge in [-0.05, 0) is 37.1 Å². The number of benzene rings is 1. The second kappa shape index (κ2) is 3.75. The van der Waals surface area contributed by atoms with Crippen LogP contribution in [0.5, 0.6) is 0 Å². The molecule has 18 heavy (non-hydrogen) atoms. The van der Waals surface area contributed by atoms with Crippen LogP contribution < -0.4 is 5.73 Å². The van der Waals surface area contributed by atoms with Crippen molar-refractivity contribution in [1.29, 1.82) is 0 Å². The smallest absolute Gasteiger partial charge is 0.343 e. The second-order valence-electron chi connectivity index (χ2n) is 4.74. The summed E-state index contributed by atoms with van der Waals surface area (Å²) in [5.74, 6) is 0. The van der Waals surface area contributed by atoms with E-state index in [4.69, 9.17) is 5.73 Å². The Morgan fingerprint density at radius 1 is 1.22 bits per heavy atom. The summed E-state index contributed by atoms with van der Waals surface area (Å²) in [5.41, 5.74) is 7.17. The molecule has 0 fully saturated rings. The Labute approximate surface area is 102 Å². The van der Waals surface area contributed by atoms with Crippen molar-refractivity contribution in [3.05, 3.63) is 35.5 Å². The lowest BCUT2D eigenvalue weighted by molar-refractivity contribution is -0.137. The zero-order chi connectivity index (χ0) is 12.9. The molecule has 0 saturated carbocycles. The van der Waals surface area contributed by atoms with Crippen molar-refractivity contribution < 1.29 is 13.2 Å². The van der Waals surface area contributed by atoms with Crippen molar-refractivity contribution in [1.82, 2.24) is 4.57 Å². The first kappa shape index (κ1) is 11.6. The fourth-order valence-corrected chi connectivity index (χ4v) is 2.64. The predicted molar refractivity (Wildman–Crippen MR) is 63.1 cm³/mol. The summed E-state index contributed by atoms with van der Waals surface area (Å²) in [4.78, 5) is 0. The first-order chi connectivity index (χ1) is 8.47. The number of nitrogens with zero attached hydrogens (tertiary/aromatic N) is 1. The summed E-state index contributed by atoms with van der Waals surface area (Å²) in [6.45, 7) is 0.831. The van der Waals surface area contributed by atoms with Crippen molar-refractivity contribution in [3.63, 3.8) is 0 Å². The van der Waals surface area contributed by atoms with E-state index in [-0.39, 0.29) is 6.04 Å². The minimum absolute atomic E-state index is 0.0690. The number of aromatic nitrogens is 1. The number of alkyl halides is 3. The lowest BCUT2D eigenvalue weighted by atomic mass is 10.1. The summed E-state index contributed by atoms with van der Waals surface area (Å²) in [6, 6.07) is 5.59. The molecule has 1 aromatic carbocycles. The van der Waals surface area contributed by atoms with Gasteiger partial charge in [0.1, 0.15) is 0 Å². The van der Waals surface area contributed by atoms with E-state index in [0.717, 1.165) is 36.7 Å². The van der Waals surface area contributed by atoms with Crippen LogP contribution in [-0.4, -0.2) is 4.57 Å². The highest BCUT2D eigenvalue weighted by atomic mass is 19.4. The highest BCUT2D eigenvalue weighted by Gasteiger charge is 2.31. The van der Waals surface area contributed by atoms with E-state index in [0.29, 0.717) is 5.39 Å². The van der Waals surface area contributed by atoms with Gasteiger partial charge in [0, 0.05) is 29.2 Å². The second-order valence-corrected chi connectivity index (χ2v) is 4.74. The third kappa shape index (κ3) is 1.70. The number of hydrogen-bond donors (Lipinski definition) is 1. The van der Waals surface area contributed by atoms with E-state index in [1.165, 1.54) is 6.07 Å². The number of rotatable bonds is 0. The van der Waals surface area contributed by atoms with E-state index < -0.39 is 11.7 Å². The summed E-state index contributed by atoms with van der Waals surface area (Å²) in [5, 5.41) is 0.622. The van der Waals surface area contributed by atoms with E-state index in [2.05, 4.69) is 0 Å². The van der Waals surface area contributed by atoms with Gasteiger partial charge in [0.2, 0.25) is 0 Å². The van der Waals surface area contributed by atoms with Gasteiger partial charge in [-0.2, -0.15) is 13.2 Å². The molecule has 0 saturated heterocycles. The molecule has 0 spiro atoms. The van der Waals surface area contributed by atoms with Crippen LogP contribution in [0.4, 0.5) is 13.2 Å². The first-order valence-electron chi connectivity index (χ1n) is 5.93. The Hall–Kier alpha value is -1.49. The van der Waals surface area contributed by atoms with E-state index in [1.807, 2.05) is 4.57 Å². The van der Waals surface area contributed by atoms with Crippen LogP contribution in [0.1, 0.15) is 30.1 Å². The van der Waals surface area contributed by atoms with Crippen LogP contribution in [0.25, 0.3) is 10.9 Å². The highest BCUT2D eigenvalue weighted by molar-refractivity contribution is 5.82. The van der Waals surface area contributed by atoms with Gasteiger partial charge in [-0.25, -0.2) is 0 Å². The third-order valence-corrected chi connectivity index (χ3v) is 3.54. The lowest BCUT2D eigenvalue weighted by Gasteiger charge is -2.21. The average Bonchev–Trinajstić information content (AvgIpc) is 2.67. The molecular weight excluding hydrogens is 241 g/mol. The van der Waals surface area contributed by atoms with Crippen LogP contribution in [0, 0.1) is 0 Å². The number of hydrogen-bond acceptors (Lipinski definition) is 1. The Balaban J connectivity index is 2.19. The molecule has 1 unspecified atom stereocenters. The zero-order valence-electron chi connectivity index (χ0n) is 9.67. The Kier molecular flexibility index (Phi) is 2.41. The van der Waals surface area contributed by atoms with Gasteiger partial charge in [0.05, 0.1) is 5.56 Å². The van der Waals surface area contributed by atoms with Crippen LogP contribution in [0.15, 0.2) is 24.3 Å². The average molecular weight is 254 g/mol. The molecular formula is C13H13F3N2. The maximum atomic E-state index is 12.6. The Bertz CT molecular complexity index is 598. The fraction of sp³-hybridized carbons (Fsp3) is 0.385. The van der Waals surface area contributed by atoms with E-state index in [9.17, 15) is 13.2 Å². The molecule has 2 nitrogen and oxygen atoms in total.